The lowest BCUT2D eigenvalue weighted by atomic mass is 9.85. The molecule has 114 valence electrons. The lowest BCUT2D eigenvalue weighted by Gasteiger charge is -2.23. The normalized spacial score (nSPS) is 18.4. The second-order valence-corrected chi connectivity index (χ2v) is 6.35. The fraction of sp³-hybridized carbons (Fsp3) is 0.500. The predicted octanol–water partition coefficient (Wildman–Crippen LogP) is 3.06. The van der Waals surface area contributed by atoms with E-state index in [1.807, 2.05) is 0 Å². The van der Waals surface area contributed by atoms with Crippen molar-refractivity contribution in [2.24, 2.45) is 5.41 Å². The third-order valence-corrected chi connectivity index (χ3v) is 4.06. The fourth-order valence-corrected chi connectivity index (χ4v) is 2.51. The van der Waals surface area contributed by atoms with Gasteiger partial charge in [-0.05, 0) is 36.0 Å². The summed E-state index contributed by atoms with van der Waals surface area (Å²) in [6, 6.07) is 4.02. The van der Waals surface area contributed by atoms with Gasteiger partial charge in [-0.1, -0.05) is 19.9 Å². The summed E-state index contributed by atoms with van der Waals surface area (Å²) >= 11 is 0. The van der Waals surface area contributed by atoms with E-state index in [1.54, 1.807) is 11.0 Å². The molecule has 0 radical (unpaired) electrons. The van der Waals surface area contributed by atoms with Crippen LogP contribution in [0.15, 0.2) is 18.2 Å². The molecular formula is C16H20FNO3. The lowest BCUT2D eigenvalue weighted by Crippen LogP contribution is -2.30. The maximum absolute atomic E-state index is 13.7. The molecule has 0 atom stereocenters. The number of amides is 1. The summed E-state index contributed by atoms with van der Waals surface area (Å²) < 4.78 is 13.7. The maximum Gasteiger partial charge on any atom is 0.338 e. The summed E-state index contributed by atoms with van der Waals surface area (Å²) in [6.45, 7) is 5.26. The van der Waals surface area contributed by atoms with Gasteiger partial charge < -0.3 is 10.0 Å². The van der Waals surface area contributed by atoms with Crippen LogP contribution < -0.4 is 0 Å². The number of rotatable bonds is 3. The zero-order chi connectivity index (χ0) is 15.6. The van der Waals surface area contributed by atoms with Gasteiger partial charge in [-0.3, -0.25) is 4.79 Å². The van der Waals surface area contributed by atoms with Gasteiger partial charge in [0.25, 0.3) is 0 Å². The second kappa shape index (κ2) is 5.84. The Labute approximate surface area is 123 Å². The molecule has 0 aliphatic carbocycles. The molecular weight excluding hydrogens is 273 g/mol. The number of carbonyl (C=O) groups is 2. The number of nitrogens with zero attached hydrogens (tertiary/aromatic N) is 1. The summed E-state index contributed by atoms with van der Waals surface area (Å²) in [6.07, 6.45) is 2.27. The second-order valence-electron chi connectivity index (χ2n) is 6.35. The number of hydrogen-bond acceptors (Lipinski definition) is 2. The Morgan fingerprint density at radius 1 is 1.38 bits per heavy atom. The first-order valence-corrected chi connectivity index (χ1v) is 7.08. The number of aromatic carboxylic acids is 1. The number of halogens is 1. The van der Waals surface area contributed by atoms with Gasteiger partial charge in [-0.2, -0.15) is 0 Å². The molecule has 1 fully saturated rings. The highest BCUT2D eigenvalue weighted by atomic mass is 19.1. The van der Waals surface area contributed by atoms with Crippen molar-refractivity contribution in [3.63, 3.8) is 0 Å². The molecule has 1 N–H and O–H groups in total. The Morgan fingerprint density at radius 3 is 2.71 bits per heavy atom. The Balaban J connectivity index is 2.12. The quantitative estimate of drug-likeness (QED) is 0.931. The number of hydrogen-bond donors (Lipinski definition) is 1. The molecule has 1 heterocycles. The van der Waals surface area contributed by atoms with E-state index < -0.39 is 11.8 Å². The van der Waals surface area contributed by atoms with Crippen LogP contribution in [-0.4, -0.2) is 28.4 Å². The van der Waals surface area contributed by atoms with E-state index >= 15 is 0 Å². The van der Waals surface area contributed by atoms with Crippen molar-refractivity contribution in [2.75, 3.05) is 6.54 Å². The summed E-state index contributed by atoms with van der Waals surface area (Å²) in [4.78, 5) is 24.6. The summed E-state index contributed by atoms with van der Waals surface area (Å²) in [5.74, 6) is -1.97. The van der Waals surface area contributed by atoms with Gasteiger partial charge in [0, 0.05) is 19.5 Å². The van der Waals surface area contributed by atoms with Crippen molar-refractivity contribution >= 4 is 11.9 Å². The van der Waals surface area contributed by atoms with Gasteiger partial charge in [0.2, 0.25) is 5.91 Å². The predicted molar refractivity (Wildman–Crippen MR) is 76.4 cm³/mol. The van der Waals surface area contributed by atoms with Gasteiger partial charge in [0.1, 0.15) is 5.82 Å². The Kier molecular flexibility index (Phi) is 4.30. The highest BCUT2D eigenvalue weighted by molar-refractivity contribution is 5.87. The van der Waals surface area contributed by atoms with Crippen LogP contribution in [0, 0.1) is 11.2 Å². The zero-order valence-corrected chi connectivity index (χ0v) is 12.4. The smallest absolute Gasteiger partial charge is 0.338 e. The molecule has 1 aliphatic rings. The van der Waals surface area contributed by atoms with Crippen LogP contribution in [0.4, 0.5) is 4.39 Å². The minimum absolute atomic E-state index is 0.0725. The van der Waals surface area contributed by atoms with Gasteiger partial charge >= 0.3 is 5.97 Å². The van der Waals surface area contributed by atoms with E-state index in [2.05, 4.69) is 13.8 Å². The average molecular weight is 293 g/mol. The Bertz CT molecular complexity index is 569. The van der Waals surface area contributed by atoms with E-state index in [1.165, 1.54) is 12.1 Å². The summed E-state index contributed by atoms with van der Waals surface area (Å²) in [7, 11) is 0. The van der Waals surface area contributed by atoms with Crippen LogP contribution in [0.1, 0.15) is 49.0 Å². The van der Waals surface area contributed by atoms with E-state index in [9.17, 15) is 14.0 Å². The van der Waals surface area contributed by atoms with Gasteiger partial charge in [0.15, 0.2) is 0 Å². The zero-order valence-electron chi connectivity index (χ0n) is 12.4. The molecule has 4 nitrogen and oxygen atoms in total. The van der Waals surface area contributed by atoms with Crippen LogP contribution in [0.5, 0.6) is 0 Å². The third kappa shape index (κ3) is 3.80. The summed E-state index contributed by atoms with van der Waals surface area (Å²) in [5.41, 5.74) is 0.413. The molecule has 0 spiro atoms. The molecule has 0 unspecified atom stereocenters. The number of carboxylic acids is 1. The van der Waals surface area contributed by atoms with E-state index in [0.717, 1.165) is 12.8 Å². The van der Waals surface area contributed by atoms with Crippen molar-refractivity contribution in [3.8, 4) is 0 Å². The van der Waals surface area contributed by atoms with Crippen LogP contribution in [-0.2, 0) is 11.3 Å². The number of carboxylic acid groups (broad SMARTS) is 1. The minimum Gasteiger partial charge on any atom is -0.478 e. The molecule has 1 aromatic carbocycles. The molecule has 0 bridgehead atoms. The molecule has 0 aromatic heterocycles. The SMILES string of the molecule is CC1(C)CCC(=O)N(Cc2ccc(C(=O)O)c(F)c2)CC1. The minimum atomic E-state index is -1.29. The molecule has 1 saturated heterocycles. The standard InChI is InChI=1S/C16H20FNO3/c1-16(2)6-5-14(19)18(8-7-16)10-11-3-4-12(15(20)21)13(17)9-11/h3-4,9H,5-8,10H2,1-2H3,(H,20,21). The van der Waals surface area contributed by atoms with Crippen LogP contribution in [0.2, 0.25) is 0 Å². The van der Waals surface area contributed by atoms with E-state index in [0.29, 0.717) is 25.1 Å². The van der Waals surface area contributed by atoms with Crippen molar-refractivity contribution in [2.45, 2.75) is 39.7 Å². The number of likely N-dealkylation sites (tertiary alicyclic amines) is 1. The molecule has 21 heavy (non-hydrogen) atoms. The molecule has 1 aromatic rings. The van der Waals surface area contributed by atoms with Gasteiger partial charge in [-0.25, -0.2) is 9.18 Å². The molecule has 0 saturated carbocycles. The van der Waals surface area contributed by atoms with Crippen molar-refractivity contribution < 1.29 is 19.1 Å². The van der Waals surface area contributed by atoms with Crippen LogP contribution >= 0.6 is 0 Å². The van der Waals surface area contributed by atoms with E-state index in [4.69, 9.17) is 5.11 Å². The highest BCUT2D eigenvalue weighted by Crippen LogP contribution is 2.30. The van der Waals surface area contributed by atoms with Gasteiger partial charge in [0.05, 0.1) is 5.56 Å². The first kappa shape index (κ1) is 15.5. The van der Waals surface area contributed by atoms with Gasteiger partial charge in [-0.15, -0.1) is 0 Å². The fourth-order valence-electron chi connectivity index (χ4n) is 2.51. The maximum atomic E-state index is 13.7. The monoisotopic (exact) mass is 293 g/mol. The lowest BCUT2D eigenvalue weighted by molar-refractivity contribution is -0.131. The van der Waals surface area contributed by atoms with Crippen molar-refractivity contribution in [3.05, 3.63) is 35.1 Å². The molecule has 1 aliphatic heterocycles. The highest BCUT2D eigenvalue weighted by Gasteiger charge is 2.27. The largest absolute Gasteiger partial charge is 0.478 e. The average Bonchev–Trinajstić information content (AvgIpc) is 2.51. The Morgan fingerprint density at radius 2 is 2.10 bits per heavy atom. The Hall–Kier alpha value is -1.91. The molecule has 5 heteroatoms. The van der Waals surface area contributed by atoms with Crippen molar-refractivity contribution in [1.29, 1.82) is 0 Å². The van der Waals surface area contributed by atoms with Crippen LogP contribution in [0.3, 0.4) is 0 Å². The first-order valence-electron chi connectivity index (χ1n) is 7.08. The number of benzene rings is 1. The molecule has 1 amide bonds. The third-order valence-electron chi connectivity index (χ3n) is 4.06. The van der Waals surface area contributed by atoms with Crippen molar-refractivity contribution in [1.82, 2.24) is 4.90 Å². The van der Waals surface area contributed by atoms with E-state index in [-0.39, 0.29) is 16.9 Å². The van der Waals surface area contributed by atoms with Crippen LogP contribution in [0.25, 0.3) is 0 Å². The first-order chi connectivity index (χ1) is 9.78. The topological polar surface area (TPSA) is 57.6 Å². The molecule has 2 rings (SSSR count). The summed E-state index contributed by atoms with van der Waals surface area (Å²) in [5, 5.41) is 8.81. The number of carbonyl (C=O) groups excluding carboxylic acids is 1.